The molecule has 0 radical (unpaired) electrons. The van der Waals surface area contributed by atoms with Crippen LogP contribution in [0.25, 0.3) is 22.1 Å². The Bertz CT molecular complexity index is 1660. The number of hydrogen-bond acceptors (Lipinski definition) is 2. The van der Waals surface area contributed by atoms with Gasteiger partial charge in [0.2, 0.25) is 0 Å². The minimum atomic E-state index is -0.393. The zero-order valence-electron chi connectivity index (χ0n) is 23.8. The van der Waals surface area contributed by atoms with E-state index in [0.717, 1.165) is 5.58 Å². The molecule has 188 valence electrons. The third kappa shape index (κ3) is 2.88. The van der Waals surface area contributed by atoms with E-state index >= 15 is 0 Å². The first kappa shape index (κ1) is 24.4. The van der Waals surface area contributed by atoms with Crippen LogP contribution in [0.2, 0.25) is 0 Å². The maximum Gasteiger partial charge on any atom is 0.135 e. The second-order valence-electron chi connectivity index (χ2n) is 11.3. The van der Waals surface area contributed by atoms with Crippen molar-refractivity contribution >= 4 is 33.9 Å². The second kappa shape index (κ2) is 8.01. The fraction of sp³-hybridized carbons (Fsp3) is 0.314. The third-order valence-electron chi connectivity index (χ3n) is 9.99. The molecule has 1 aromatic heterocycles. The highest BCUT2D eigenvalue weighted by molar-refractivity contribution is 8.02. The van der Waals surface area contributed by atoms with Crippen LogP contribution >= 0.6 is 11.8 Å². The molecule has 37 heavy (non-hydrogen) atoms. The van der Waals surface area contributed by atoms with Gasteiger partial charge in [0.15, 0.2) is 0 Å². The number of allylic oxidation sites excluding steroid dienone is 3. The molecule has 6 rings (SSSR count). The van der Waals surface area contributed by atoms with Gasteiger partial charge in [-0.1, -0.05) is 23.9 Å². The van der Waals surface area contributed by atoms with Crippen molar-refractivity contribution in [2.45, 2.75) is 79.5 Å². The summed E-state index contributed by atoms with van der Waals surface area (Å²) >= 11 is 1.83. The van der Waals surface area contributed by atoms with E-state index in [1.165, 1.54) is 93.8 Å². The van der Waals surface area contributed by atoms with Gasteiger partial charge in [0.05, 0.1) is 11.7 Å². The van der Waals surface area contributed by atoms with Crippen molar-refractivity contribution in [3.63, 3.8) is 0 Å². The molecule has 2 heterocycles. The smallest absolute Gasteiger partial charge is 0.135 e. The minimum absolute atomic E-state index is 0.393. The number of benzene rings is 3. The molecule has 0 fully saturated rings. The van der Waals surface area contributed by atoms with Crippen LogP contribution in [0.3, 0.4) is 0 Å². The average Bonchev–Trinajstić information content (AvgIpc) is 3.36. The highest BCUT2D eigenvalue weighted by Gasteiger charge is 2.46. The van der Waals surface area contributed by atoms with Gasteiger partial charge in [-0.25, -0.2) is 0 Å². The number of hydrogen-bond donors (Lipinski definition) is 0. The Morgan fingerprint density at radius 1 is 0.595 bits per heavy atom. The van der Waals surface area contributed by atoms with Crippen LogP contribution in [0, 0.1) is 55.4 Å². The molecular formula is C35H36OS. The Balaban J connectivity index is 1.97. The normalized spacial score (nSPS) is 15.7. The van der Waals surface area contributed by atoms with Crippen molar-refractivity contribution < 1.29 is 4.42 Å². The first-order valence-electron chi connectivity index (χ1n) is 13.3. The molecule has 0 saturated carbocycles. The summed E-state index contributed by atoms with van der Waals surface area (Å²) in [6.07, 6.45) is 4.34. The molecule has 0 amide bonds. The monoisotopic (exact) mass is 504 g/mol. The largest absolute Gasteiger partial charge is 0.464 e. The number of rotatable bonds is 0. The summed E-state index contributed by atoms with van der Waals surface area (Å²) in [5.74, 6) is 0. The first-order chi connectivity index (χ1) is 17.5. The van der Waals surface area contributed by atoms with Crippen LogP contribution in [0.4, 0.5) is 0 Å². The van der Waals surface area contributed by atoms with E-state index in [9.17, 15) is 0 Å². The van der Waals surface area contributed by atoms with Crippen LogP contribution < -0.4 is 0 Å². The van der Waals surface area contributed by atoms with E-state index in [0.29, 0.717) is 0 Å². The summed E-state index contributed by atoms with van der Waals surface area (Å²) in [6, 6.07) is 6.66. The highest BCUT2D eigenvalue weighted by Crippen LogP contribution is 2.58. The predicted molar refractivity (Wildman–Crippen MR) is 160 cm³/mol. The van der Waals surface area contributed by atoms with E-state index in [2.05, 4.69) is 98.9 Å². The van der Waals surface area contributed by atoms with Crippen LogP contribution in [-0.4, -0.2) is 0 Å². The number of fused-ring (bicyclic) bond motifs is 8. The predicted octanol–water partition coefficient (Wildman–Crippen LogP) is 10.1. The van der Waals surface area contributed by atoms with Gasteiger partial charge in [-0.05, 0) is 170 Å². The molecule has 0 saturated heterocycles. The Labute approximate surface area is 225 Å². The van der Waals surface area contributed by atoms with Crippen molar-refractivity contribution in [3.05, 3.63) is 108 Å². The summed E-state index contributed by atoms with van der Waals surface area (Å²) in [4.78, 5) is 1.31. The zero-order chi connectivity index (χ0) is 26.5. The summed E-state index contributed by atoms with van der Waals surface area (Å²) in [5.41, 5.74) is 21.7. The van der Waals surface area contributed by atoms with Gasteiger partial charge in [-0.2, -0.15) is 0 Å². The zero-order valence-corrected chi connectivity index (χ0v) is 24.6. The Morgan fingerprint density at radius 3 is 1.65 bits per heavy atom. The topological polar surface area (TPSA) is 13.1 Å². The van der Waals surface area contributed by atoms with E-state index in [4.69, 9.17) is 4.42 Å². The summed E-state index contributed by atoms with van der Waals surface area (Å²) in [5, 5.41) is 3.54. The first-order valence-corrected chi connectivity index (χ1v) is 14.2. The van der Waals surface area contributed by atoms with Crippen molar-refractivity contribution in [3.8, 4) is 0 Å². The lowest BCUT2D eigenvalue weighted by atomic mass is 9.62. The molecule has 2 aliphatic rings. The van der Waals surface area contributed by atoms with Gasteiger partial charge >= 0.3 is 0 Å². The number of furan rings is 1. The van der Waals surface area contributed by atoms with E-state index in [1.54, 1.807) is 0 Å². The molecule has 0 atom stereocenters. The molecule has 2 heteroatoms. The lowest BCUT2D eigenvalue weighted by molar-refractivity contribution is 0.615. The van der Waals surface area contributed by atoms with Crippen molar-refractivity contribution in [1.29, 1.82) is 0 Å². The Kier molecular flexibility index (Phi) is 5.28. The number of thioether (sulfide) groups is 1. The van der Waals surface area contributed by atoms with Crippen molar-refractivity contribution in [2.75, 3.05) is 0 Å². The maximum absolute atomic E-state index is 5.87. The van der Waals surface area contributed by atoms with Crippen molar-refractivity contribution in [2.24, 2.45) is 0 Å². The molecular weight excluding hydrogens is 468 g/mol. The minimum Gasteiger partial charge on any atom is -0.464 e. The molecule has 0 unspecified atom stereocenters. The van der Waals surface area contributed by atoms with Crippen LogP contribution in [0.5, 0.6) is 0 Å². The maximum atomic E-state index is 5.87. The van der Waals surface area contributed by atoms with Crippen LogP contribution in [0.15, 0.2) is 45.3 Å². The molecule has 4 aromatic rings. The summed E-state index contributed by atoms with van der Waals surface area (Å²) < 4.78 is 5.87. The lowest BCUT2D eigenvalue weighted by Crippen LogP contribution is -2.34. The van der Waals surface area contributed by atoms with Gasteiger partial charge in [-0.15, -0.1) is 0 Å². The molecule has 1 aliphatic carbocycles. The molecule has 1 nitrogen and oxygen atoms in total. The Hall–Kier alpha value is -2.97. The van der Waals surface area contributed by atoms with E-state index in [-0.39, 0.29) is 0 Å². The highest BCUT2D eigenvalue weighted by atomic mass is 32.2. The summed E-state index contributed by atoms with van der Waals surface area (Å²) in [7, 11) is 0. The standard InChI is InChI=1S/C35H36OS/c1-17-19(3)25(9)32-30(21(17)5)23(7)24(8)31-22(6)18(2)20(4)26(10)33(31)35(32)14-16-37-34-27-13-15-36-29(27)12-11-28(34)35/h11-16H,1-10H3. The third-order valence-corrected chi connectivity index (χ3v) is 10.9. The lowest BCUT2D eigenvalue weighted by Gasteiger charge is -2.42. The van der Waals surface area contributed by atoms with Gasteiger partial charge < -0.3 is 4.42 Å². The molecule has 1 aliphatic heterocycles. The average molecular weight is 505 g/mol. The Morgan fingerprint density at radius 2 is 1.11 bits per heavy atom. The van der Waals surface area contributed by atoms with Gasteiger partial charge in [0.1, 0.15) is 5.58 Å². The summed E-state index contributed by atoms with van der Waals surface area (Å²) in [6.45, 7) is 23.3. The molecule has 0 bridgehead atoms. The second-order valence-corrected chi connectivity index (χ2v) is 12.2. The fourth-order valence-electron chi connectivity index (χ4n) is 7.23. The van der Waals surface area contributed by atoms with E-state index in [1.807, 2.05) is 18.0 Å². The van der Waals surface area contributed by atoms with Crippen molar-refractivity contribution in [1.82, 2.24) is 0 Å². The molecule has 0 N–H and O–H groups in total. The molecule has 1 spiro atoms. The fourth-order valence-corrected chi connectivity index (χ4v) is 8.29. The van der Waals surface area contributed by atoms with E-state index < -0.39 is 5.41 Å². The quantitative estimate of drug-likeness (QED) is 0.236. The van der Waals surface area contributed by atoms with Gasteiger partial charge in [0.25, 0.3) is 0 Å². The van der Waals surface area contributed by atoms with Crippen LogP contribution in [0.1, 0.15) is 86.2 Å². The SMILES string of the molecule is CC1=C(C)c2c(C)c(C)c(C)c(C)c2C2(C=CSc3c2ccc2occc32)c2c(C)c(C)c(C)c(C)c21. The molecule has 3 aromatic carbocycles. The van der Waals surface area contributed by atoms with Gasteiger partial charge in [0, 0.05) is 10.3 Å². The van der Waals surface area contributed by atoms with Crippen LogP contribution in [-0.2, 0) is 5.41 Å². The van der Waals surface area contributed by atoms with Gasteiger partial charge in [-0.3, -0.25) is 0 Å².